The predicted octanol–water partition coefficient (Wildman–Crippen LogP) is 10.4. The second kappa shape index (κ2) is 24.4. The average Bonchev–Trinajstić information content (AvgIpc) is 3.93. The van der Waals surface area contributed by atoms with Crippen LogP contribution in [0.2, 0.25) is 0 Å². The molecular formula is C46H51ClN8O4P2. The maximum absolute atomic E-state index is 12.1. The van der Waals surface area contributed by atoms with Gasteiger partial charge in [-0.15, -0.1) is 0 Å². The first-order chi connectivity index (χ1) is 30.0. The zero-order chi connectivity index (χ0) is 42.5. The Bertz CT molecular complexity index is 2060. The Morgan fingerprint density at radius 3 is 1.16 bits per heavy atom. The first kappa shape index (κ1) is 44.7. The summed E-state index contributed by atoms with van der Waals surface area (Å²) in [6, 6.07) is 59.4. The van der Waals surface area contributed by atoms with Crippen LogP contribution in [0.3, 0.4) is 0 Å². The molecule has 0 saturated carbocycles. The molecule has 0 atom stereocenters. The molecule has 15 heteroatoms. The van der Waals surface area contributed by atoms with Crippen LogP contribution in [0.15, 0.2) is 182 Å². The predicted molar refractivity (Wildman–Crippen MR) is 255 cm³/mol. The summed E-state index contributed by atoms with van der Waals surface area (Å²) in [6.07, 6.45) is 0. The lowest BCUT2D eigenvalue weighted by atomic mass is 10.3. The van der Waals surface area contributed by atoms with E-state index in [9.17, 15) is 9.59 Å². The third-order valence-corrected chi connectivity index (χ3v) is 14.0. The highest BCUT2D eigenvalue weighted by Gasteiger charge is 2.35. The molecule has 0 unspecified atom stereocenters. The molecule has 0 spiro atoms. The number of aliphatic hydroxyl groups is 1. The van der Waals surface area contributed by atoms with Crippen molar-refractivity contribution in [1.82, 2.24) is 10.6 Å². The number of para-hydroxylation sites is 6. The second-order valence-corrected chi connectivity index (χ2v) is 17.5. The molecule has 0 bridgehead atoms. The summed E-state index contributed by atoms with van der Waals surface area (Å²) in [7, 11) is -1.81. The topological polar surface area (TPSA) is 125 Å². The van der Waals surface area contributed by atoms with E-state index in [2.05, 4.69) is 113 Å². The van der Waals surface area contributed by atoms with Crippen LogP contribution in [0, 0.1) is 0 Å². The van der Waals surface area contributed by atoms with Gasteiger partial charge in [0, 0.05) is 73.4 Å². The van der Waals surface area contributed by atoms with Gasteiger partial charge in [0.15, 0.2) is 7.58 Å². The van der Waals surface area contributed by atoms with Crippen molar-refractivity contribution in [1.29, 1.82) is 0 Å². The van der Waals surface area contributed by atoms with E-state index in [1.165, 1.54) is 11.4 Å². The fourth-order valence-electron chi connectivity index (χ4n) is 6.27. The number of benzene rings is 6. The fraction of sp³-hybridized carbons (Fsp3) is 0.174. The number of hydrogen-bond donors (Lipinski definition) is 5. The number of aliphatic hydroxyl groups excluding tert-OH is 1. The van der Waals surface area contributed by atoms with Crippen molar-refractivity contribution in [3.63, 3.8) is 0 Å². The van der Waals surface area contributed by atoms with E-state index < -0.39 is 16.0 Å². The molecule has 2 aliphatic rings. The Balaban J connectivity index is 0.000000170. The van der Waals surface area contributed by atoms with Crippen molar-refractivity contribution in [2.24, 2.45) is 0 Å². The normalized spacial score (nSPS) is 13.7. The highest BCUT2D eigenvalue weighted by molar-refractivity contribution is 7.86. The summed E-state index contributed by atoms with van der Waals surface area (Å²) >= 11 is 6.63. The lowest BCUT2D eigenvalue weighted by Crippen LogP contribution is -2.31. The number of anilines is 6. The minimum absolute atomic E-state index is 0.0534. The van der Waals surface area contributed by atoms with Gasteiger partial charge >= 0.3 is 12.1 Å². The Hall–Kier alpha value is -5.87. The smallest absolute Gasteiger partial charge is 0.319 e. The highest BCUT2D eigenvalue weighted by Crippen LogP contribution is 2.56. The van der Waals surface area contributed by atoms with E-state index >= 15 is 0 Å². The number of amides is 4. The molecule has 0 radical (unpaired) electrons. The number of carbonyl (C=O) groups is 2. The Kier molecular flexibility index (Phi) is 17.9. The molecule has 6 aromatic rings. The second-order valence-electron chi connectivity index (χ2n) is 13.4. The van der Waals surface area contributed by atoms with Gasteiger partial charge in [0.2, 0.25) is 8.45 Å². The number of urea groups is 2. The molecule has 0 aliphatic carbocycles. The van der Waals surface area contributed by atoms with E-state index in [-0.39, 0.29) is 25.2 Å². The van der Waals surface area contributed by atoms with Crippen molar-refractivity contribution in [3.05, 3.63) is 182 Å². The largest absolute Gasteiger partial charge is 0.395 e. The molecule has 6 aromatic carbocycles. The molecule has 12 nitrogen and oxygen atoms in total. The third-order valence-electron chi connectivity index (χ3n) is 9.13. The SMILES string of the molecule is ClP1N(c2ccccc2)CCN1c1ccccc1.O=C(NCCO)Nc1ccccc1.O=C(NCCOP1N(c2ccccc2)CCN1c1ccccc1)Nc1ccccc1. The van der Waals surface area contributed by atoms with Gasteiger partial charge in [-0.25, -0.2) is 9.59 Å². The van der Waals surface area contributed by atoms with Gasteiger partial charge in [0.05, 0.1) is 13.2 Å². The van der Waals surface area contributed by atoms with Crippen LogP contribution in [0.25, 0.3) is 0 Å². The summed E-state index contributed by atoms with van der Waals surface area (Å²) in [5.74, 6) is 0. The van der Waals surface area contributed by atoms with Gasteiger partial charge in [-0.1, -0.05) is 109 Å². The van der Waals surface area contributed by atoms with Gasteiger partial charge in [-0.05, 0) is 84.0 Å². The van der Waals surface area contributed by atoms with Crippen LogP contribution in [0.4, 0.5) is 43.7 Å². The maximum atomic E-state index is 12.1. The van der Waals surface area contributed by atoms with Gasteiger partial charge < -0.3 is 49.6 Å². The maximum Gasteiger partial charge on any atom is 0.319 e. The number of carbonyl (C=O) groups excluding carboxylic acids is 2. The van der Waals surface area contributed by atoms with Crippen molar-refractivity contribution >= 4 is 73.5 Å². The highest BCUT2D eigenvalue weighted by atomic mass is 35.7. The Morgan fingerprint density at radius 2 is 0.803 bits per heavy atom. The van der Waals surface area contributed by atoms with E-state index in [4.69, 9.17) is 20.9 Å². The summed E-state index contributed by atoms with van der Waals surface area (Å²) in [4.78, 5) is 23.1. The number of hydrogen-bond acceptors (Lipinski definition) is 8. The van der Waals surface area contributed by atoms with Crippen LogP contribution < -0.4 is 39.9 Å². The molecule has 8 rings (SSSR count). The van der Waals surface area contributed by atoms with Crippen molar-refractivity contribution in [2.45, 2.75) is 0 Å². The number of rotatable bonds is 12. The van der Waals surface area contributed by atoms with E-state index in [0.29, 0.717) is 13.2 Å². The van der Waals surface area contributed by atoms with Gasteiger partial charge in [-0.3, -0.25) is 0 Å². The van der Waals surface area contributed by atoms with Crippen LogP contribution in [0.1, 0.15) is 0 Å². The number of nitrogens with zero attached hydrogens (tertiary/aromatic N) is 4. The molecule has 2 saturated heterocycles. The van der Waals surface area contributed by atoms with E-state index in [1.54, 1.807) is 12.1 Å². The van der Waals surface area contributed by atoms with Crippen LogP contribution >= 0.6 is 27.3 Å². The molecule has 4 amide bonds. The third kappa shape index (κ3) is 13.8. The van der Waals surface area contributed by atoms with Gasteiger partial charge in [-0.2, -0.15) is 0 Å². The summed E-state index contributed by atoms with van der Waals surface area (Å²) in [5, 5.41) is 19.2. The van der Waals surface area contributed by atoms with Gasteiger partial charge in [0.1, 0.15) is 0 Å². The molecular weight excluding hydrogens is 826 g/mol. The lowest BCUT2D eigenvalue weighted by Gasteiger charge is -2.30. The minimum atomic E-state index is -1.01. The molecule has 61 heavy (non-hydrogen) atoms. The minimum Gasteiger partial charge on any atom is -0.395 e. The Labute approximate surface area is 365 Å². The van der Waals surface area contributed by atoms with Crippen molar-refractivity contribution < 1.29 is 19.2 Å². The molecule has 5 N–H and O–H groups in total. The summed E-state index contributed by atoms with van der Waals surface area (Å²) < 4.78 is 15.5. The van der Waals surface area contributed by atoms with Crippen LogP contribution in [0.5, 0.6) is 0 Å². The summed E-state index contributed by atoms with van der Waals surface area (Å²) in [6.45, 7) is 4.82. The lowest BCUT2D eigenvalue weighted by molar-refractivity contribution is 0.244. The standard InChI is InChI=1S/C23H25N4O2P.C14H14ClN2P.C9H12N2O2/c28-23(25-20-10-4-1-5-11-20)24-16-19-29-30-26(21-12-6-2-7-13-21)17-18-27(30)22-14-8-3-9-15-22;15-18-16(13-7-3-1-4-8-13)11-12-17(18)14-9-5-2-6-10-14;12-7-6-10-9(13)11-8-4-2-1-3-5-8/h1-15H,16-19H2,(H2,24,25,28);1-10H,11-12H2;1-5,12H,6-7H2,(H2,10,11,13). The fourth-order valence-corrected chi connectivity index (χ4v) is 10.6. The van der Waals surface area contributed by atoms with Crippen LogP contribution in [-0.2, 0) is 4.52 Å². The van der Waals surface area contributed by atoms with Crippen LogP contribution in [-0.4, -0.2) is 69.7 Å². The van der Waals surface area contributed by atoms with E-state index in [1.807, 2.05) is 97.1 Å². The monoisotopic (exact) mass is 876 g/mol. The Morgan fingerprint density at radius 1 is 0.492 bits per heavy atom. The first-order valence-corrected chi connectivity index (χ1v) is 23.3. The van der Waals surface area contributed by atoms with Crippen molar-refractivity contribution in [2.75, 3.05) is 81.8 Å². The summed E-state index contributed by atoms with van der Waals surface area (Å²) in [5.41, 5.74) is 6.21. The quantitative estimate of drug-likeness (QED) is 0.0608. The zero-order valence-corrected chi connectivity index (χ0v) is 36.3. The molecule has 2 heterocycles. The van der Waals surface area contributed by atoms with E-state index in [0.717, 1.165) is 48.9 Å². The average molecular weight is 877 g/mol. The number of halogens is 1. The van der Waals surface area contributed by atoms with Gasteiger partial charge in [0.25, 0.3) is 0 Å². The molecule has 2 fully saturated rings. The molecule has 2 aliphatic heterocycles. The zero-order valence-electron chi connectivity index (χ0n) is 33.7. The number of nitrogens with one attached hydrogen (secondary N) is 4. The molecule has 0 aromatic heterocycles. The molecule has 316 valence electrons. The first-order valence-electron chi connectivity index (χ1n) is 20.0. The van der Waals surface area contributed by atoms with Crippen molar-refractivity contribution in [3.8, 4) is 0 Å².